The summed E-state index contributed by atoms with van der Waals surface area (Å²) in [5.74, 6) is -0.813. The standard InChI is InChI=1S/C22H18N4O2/c27-22(28)20(18-14-8-3-9-15-18)26-24-21(23-25-26)19(16-10-4-1-5-11-16)17-12-6-2-7-13-17/h1-15,19-20H,(H,27,28). The molecule has 4 rings (SSSR count). The molecule has 6 heteroatoms. The van der Waals surface area contributed by atoms with Crippen LogP contribution in [0.25, 0.3) is 0 Å². The number of benzene rings is 3. The maximum Gasteiger partial charge on any atom is 0.335 e. The van der Waals surface area contributed by atoms with Gasteiger partial charge >= 0.3 is 5.97 Å². The van der Waals surface area contributed by atoms with Gasteiger partial charge in [-0.15, -0.1) is 15.0 Å². The smallest absolute Gasteiger partial charge is 0.335 e. The molecule has 1 N–H and O–H groups in total. The minimum Gasteiger partial charge on any atom is -0.479 e. The summed E-state index contributed by atoms with van der Waals surface area (Å²) in [4.78, 5) is 13.1. The van der Waals surface area contributed by atoms with Crippen LogP contribution >= 0.6 is 0 Å². The van der Waals surface area contributed by atoms with Crippen LogP contribution in [0.15, 0.2) is 91.0 Å². The third-order valence-corrected chi connectivity index (χ3v) is 4.55. The SMILES string of the molecule is O=C(O)C(c1ccccc1)n1nnc(C(c2ccccc2)c2ccccc2)n1. The van der Waals surface area contributed by atoms with Crippen LogP contribution < -0.4 is 0 Å². The Hall–Kier alpha value is -3.80. The number of nitrogens with zero attached hydrogens (tertiary/aromatic N) is 4. The molecule has 4 aromatic rings. The lowest BCUT2D eigenvalue weighted by atomic mass is 9.91. The minimum atomic E-state index is -1.04. The van der Waals surface area contributed by atoms with Gasteiger partial charge in [-0.25, -0.2) is 4.79 Å². The van der Waals surface area contributed by atoms with Gasteiger partial charge in [0.05, 0.1) is 5.92 Å². The molecule has 0 aliphatic carbocycles. The van der Waals surface area contributed by atoms with E-state index in [0.717, 1.165) is 11.1 Å². The predicted molar refractivity (Wildman–Crippen MR) is 104 cm³/mol. The quantitative estimate of drug-likeness (QED) is 0.562. The van der Waals surface area contributed by atoms with Crippen molar-refractivity contribution in [3.63, 3.8) is 0 Å². The van der Waals surface area contributed by atoms with Crippen molar-refractivity contribution in [3.8, 4) is 0 Å². The van der Waals surface area contributed by atoms with Gasteiger partial charge < -0.3 is 5.11 Å². The lowest BCUT2D eigenvalue weighted by molar-refractivity contribution is -0.140. The van der Waals surface area contributed by atoms with E-state index in [-0.39, 0.29) is 5.92 Å². The zero-order valence-electron chi connectivity index (χ0n) is 15.0. The fourth-order valence-electron chi connectivity index (χ4n) is 3.25. The van der Waals surface area contributed by atoms with Crippen molar-refractivity contribution in [2.75, 3.05) is 0 Å². The molecule has 1 heterocycles. The summed E-state index contributed by atoms with van der Waals surface area (Å²) < 4.78 is 0. The van der Waals surface area contributed by atoms with Crippen LogP contribution in [0.5, 0.6) is 0 Å². The molecular formula is C22H18N4O2. The average molecular weight is 370 g/mol. The maximum atomic E-state index is 11.9. The second-order valence-electron chi connectivity index (χ2n) is 6.37. The Kier molecular flexibility index (Phi) is 4.93. The number of carboxylic acid groups (broad SMARTS) is 1. The van der Waals surface area contributed by atoms with Crippen LogP contribution in [-0.2, 0) is 4.79 Å². The van der Waals surface area contributed by atoms with Crippen LogP contribution in [0.1, 0.15) is 34.5 Å². The third-order valence-electron chi connectivity index (χ3n) is 4.55. The highest BCUT2D eigenvalue weighted by Crippen LogP contribution is 2.29. The molecule has 0 bridgehead atoms. The second kappa shape index (κ2) is 7.84. The minimum absolute atomic E-state index is 0.235. The largest absolute Gasteiger partial charge is 0.479 e. The molecule has 0 saturated heterocycles. The lowest BCUT2D eigenvalue weighted by Gasteiger charge is -2.14. The van der Waals surface area contributed by atoms with Crippen LogP contribution in [0, 0.1) is 0 Å². The Morgan fingerprint density at radius 2 is 1.21 bits per heavy atom. The summed E-state index contributed by atoms with van der Waals surface area (Å²) in [5.41, 5.74) is 2.62. The summed E-state index contributed by atoms with van der Waals surface area (Å²) in [6.07, 6.45) is 0. The van der Waals surface area contributed by atoms with E-state index in [1.807, 2.05) is 66.7 Å². The summed E-state index contributed by atoms with van der Waals surface area (Å²) in [6.45, 7) is 0. The highest BCUT2D eigenvalue weighted by atomic mass is 16.4. The molecule has 1 atom stereocenters. The summed E-state index contributed by atoms with van der Waals surface area (Å²) >= 11 is 0. The summed E-state index contributed by atoms with van der Waals surface area (Å²) in [6, 6.07) is 27.6. The Morgan fingerprint density at radius 1 is 0.750 bits per heavy atom. The Balaban J connectivity index is 1.78. The molecule has 1 aromatic heterocycles. The van der Waals surface area contributed by atoms with Crippen LogP contribution in [0.3, 0.4) is 0 Å². The van der Waals surface area contributed by atoms with Gasteiger partial charge in [0.2, 0.25) is 0 Å². The van der Waals surface area contributed by atoms with Crippen molar-refractivity contribution < 1.29 is 9.90 Å². The number of carboxylic acids is 1. The average Bonchev–Trinajstić information content (AvgIpc) is 3.19. The van der Waals surface area contributed by atoms with Crippen LogP contribution in [0.4, 0.5) is 0 Å². The zero-order chi connectivity index (χ0) is 19.3. The highest BCUT2D eigenvalue weighted by Gasteiger charge is 2.28. The second-order valence-corrected chi connectivity index (χ2v) is 6.37. The molecule has 0 aliphatic rings. The number of aromatic nitrogens is 4. The molecule has 0 aliphatic heterocycles. The number of rotatable bonds is 6. The topological polar surface area (TPSA) is 80.9 Å². The van der Waals surface area contributed by atoms with E-state index >= 15 is 0 Å². The first-order valence-electron chi connectivity index (χ1n) is 8.91. The number of hydrogen-bond donors (Lipinski definition) is 1. The van der Waals surface area contributed by atoms with Crippen molar-refractivity contribution >= 4 is 5.97 Å². The van der Waals surface area contributed by atoms with Crippen molar-refractivity contribution in [3.05, 3.63) is 114 Å². The van der Waals surface area contributed by atoms with Gasteiger partial charge in [-0.2, -0.15) is 0 Å². The molecule has 0 radical (unpaired) electrons. The fourth-order valence-corrected chi connectivity index (χ4v) is 3.25. The molecule has 138 valence electrons. The Morgan fingerprint density at radius 3 is 1.68 bits per heavy atom. The molecule has 0 spiro atoms. The monoisotopic (exact) mass is 370 g/mol. The van der Waals surface area contributed by atoms with Gasteiger partial charge in [0, 0.05) is 0 Å². The van der Waals surface area contributed by atoms with Crippen LogP contribution in [-0.4, -0.2) is 31.3 Å². The van der Waals surface area contributed by atoms with Gasteiger partial charge in [0.15, 0.2) is 11.9 Å². The van der Waals surface area contributed by atoms with Crippen molar-refractivity contribution in [2.24, 2.45) is 0 Å². The van der Waals surface area contributed by atoms with E-state index in [2.05, 4.69) is 15.4 Å². The Labute approximate surface area is 162 Å². The maximum absolute atomic E-state index is 11.9. The van der Waals surface area contributed by atoms with E-state index in [4.69, 9.17) is 0 Å². The van der Waals surface area contributed by atoms with Crippen molar-refractivity contribution in [2.45, 2.75) is 12.0 Å². The molecule has 1 unspecified atom stereocenters. The normalized spacial score (nSPS) is 12.0. The summed E-state index contributed by atoms with van der Waals surface area (Å²) in [5, 5.41) is 22.5. The van der Waals surface area contributed by atoms with E-state index in [1.54, 1.807) is 24.3 Å². The summed E-state index contributed by atoms with van der Waals surface area (Å²) in [7, 11) is 0. The molecule has 0 amide bonds. The van der Waals surface area contributed by atoms with E-state index in [1.165, 1.54) is 4.80 Å². The molecule has 0 saturated carbocycles. The molecule has 6 nitrogen and oxygen atoms in total. The molecule has 3 aromatic carbocycles. The number of aliphatic carboxylic acids is 1. The van der Waals surface area contributed by atoms with Gasteiger partial charge in [0.1, 0.15) is 0 Å². The first kappa shape index (κ1) is 17.6. The predicted octanol–water partition coefficient (Wildman–Crippen LogP) is 3.53. The van der Waals surface area contributed by atoms with E-state index < -0.39 is 12.0 Å². The third kappa shape index (κ3) is 3.53. The highest BCUT2D eigenvalue weighted by molar-refractivity contribution is 5.75. The van der Waals surface area contributed by atoms with E-state index in [9.17, 15) is 9.90 Å². The molecule has 28 heavy (non-hydrogen) atoms. The van der Waals surface area contributed by atoms with Crippen molar-refractivity contribution in [1.29, 1.82) is 0 Å². The fraction of sp³-hybridized carbons (Fsp3) is 0.0909. The van der Waals surface area contributed by atoms with Gasteiger partial charge in [-0.1, -0.05) is 91.0 Å². The first-order valence-corrected chi connectivity index (χ1v) is 8.91. The molecular weight excluding hydrogens is 352 g/mol. The van der Waals surface area contributed by atoms with Crippen molar-refractivity contribution in [1.82, 2.24) is 20.2 Å². The number of carbonyl (C=O) groups is 1. The molecule has 0 fully saturated rings. The van der Waals surface area contributed by atoms with Gasteiger partial charge in [-0.3, -0.25) is 0 Å². The number of hydrogen-bond acceptors (Lipinski definition) is 4. The number of tetrazole rings is 1. The van der Waals surface area contributed by atoms with Crippen LogP contribution in [0.2, 0.25) is 0 Å². The zero-order valence-corrected chi connectivity index (χ0v) is 15.0. The van der Waals surface area contributed by atoms with Gasteiger partial charge in [0.25, 0.3) is 0 Å². The first-order chi connectivity index (χ1) is 13.7. The van der Waals surface area contributed by atoms with Gasteiger partial charge in [-0.05, 0) is 21.9 Å². The Bertz CT molecular complexity index is 1010. The lowest BCUT2D eigenvalue weighted by Crippen LogP contribution is -2.23. The van der Waals surface area contributed by atoms with E-state index in [0.29, 0.717) is 11.4 Å².